The van der Waals surface area contributed by atoms with E-state index < -0.39 is 0 Å². The van der Waals surface area contributed by atoms with E-state index in [-0.39, 0.29) is 44.6 Å². The van der Waals surface area contributed by atoms with Crippen LogP contribution in [0.5, 0.6) is 11.5 Å². The Balaban J connectivity index is 1.15. The van der Waals surface area contributed by atoms with Gasteiger partial charge >= 0.3 is 0 Å². The van der Waals surface area contributed by atoms with Gasteiger partial charge in [-0.25, -0.2) is 0 Å². The fourth-order valence-corrected chi connectivity index (χ4v) is 14.8. The molecule has 10 aromatic carbocycles. The van der Waals surface area contributed by atoms with Crippen LogP contribution in [0.1, 0.15) is 184 Å². The Morgan fingerprint density at radius 1 is 0.298 bits per heavy atom. The van der Waals surface area contributed by atoms with Gasteiger partial charge in [0.05, 0.1) is 33.6 Å². The van der Waals surface area contributed by atoms with Gasteiger partial charge in [0.25, 0.3) is 6.71 Å². The van der Waals surface area contributed by atoms with Crippen LogP contribution in [0.4, 0.5) is 34.1 Å². The normalized spacial score (nSPS) is 13.6. The maximum absolute atomic E-state index is 7.66. The van der Waals surface area contributed by atoms with Crippen LogP contribution in [0, 0.1) is 0 Å². The van der Waals surface area contributed by atoms with Crippen molar-refractivity contribution in [1.82, 2.24) is 9.13 Å². The molecule has 2 aromatic heterocycles. The second-order valence-electron chi connectivity index (χ2n) is 34.5. The highest BCUT2D eigenvalue weighted by Crippen LogP contribution is 2.51. The molecule has 0 unspecified atom stereocenters. The lowest BCUT2D eigenvalue weighted by molar-refractivity contribution is 0.486. The molecule has 0 N–H and O–H groups in total. The van der Waals surface area contributed by atoms with Crippen LogP contribution >= 0.6 is 0 Å². The van der Waals surface area contributed by atoms with Gasteiger partial charge in [0.15, 0.2) is 0 Å². The Hall–Kier alpha value is -8.74. The molecule has 0 atom stereocenters. The van der Waals surface area contributed by atoms with Gasteiger partial charge in [0, 0.05) is 61.6 Å². The van der Waals surface area contributed by atoms with Crippen molar-refractivity contribution in [1.29, 1.82) is 0 Å². The molecule has 2 aliphatic heterocycles. The van der Waals surface area contributed by atoms with E-state index in [1.807, 2.05) is 0 Å². The number of aromatic nitrogens is 2. The first kappa shape index (κ1) is 62.7. The molecule has 0 spiro atoms. The van der Waals surface area contributed by atoms with Crippen LogP contribution in [0.2, 0.25) is 0 Å². The topological polar surface area (TPSA) is 25.6 Å². The molecule has 0 bridgehead atoms. The molecule has 12 aromatic rings. The number of nitrogens with zero attached hydrogens (tertiary/aromatic N) is 4. The Kier molecular flexibility index (Phi) is 14.3. The molecule has 0 fully saturated rings. The number of rotatable bonds is 7. The number of fused-ring (bicyclic) bond motifs is 10. The molecule has 5 nitrogen and oxygen atoms in total. The smallest absolute Gasteiger partial charge is 0.256 e. The van der Waals surface area contributed by atoms with E-state index >= 15 is 0 Å². The molecule has 0 radical (unpaired) electrons. The van der Waals surface area contributed by atoms with Crippen molar-refractivity contribution >= 4 is 101 Å². The van der Waals surface area contributed by atoms with Gasteiger partial charge in [-0.1, -0.05) is 242 Å². The quantitative estimate of drug-likeness (QED) is 0.149. The zero-order valence-electron chi connectivity index (χ0n) is 59.7. The third-order valence-electron chi connectivity index (χ3n) is 20.4. The minimum Gasteiger partial charge on any atom is -0.458 e. The van der Waals surface area contributed by atoms with Gasteiger partial charge in [0.2, 0.25) is 0 Å². The molecule has 0 saturated heterocycles. The second-order valence-corrected chi connectivity index (χ2v) is 34.5. The SMILES string of the molecule is CC(C)(C)c1ccc(N(c2ccc(C(C)(C)C)cc2)c2cccc3c4cccc(N(c5ccc(C(C)(C)C)cc5)c5ccc(C(C)(C)C)cc5)c4n(-c4cc5c6c(c4)-n4c7ccc(C(C)(C)C)cc7c7cc(C(C)(C)C)cc(c74)B6c4cc(C(C)(C)C)ccc4O5)c23)cc1. The molecular formula is C88H95BN4O. The lowest BCUT2D eigenvalue weighted by Crippen LogP contribution is -2.58. The first-order chi connectivity index (χ1) is 44.0. The lowest BCUT2D eigenvalue weighted by Gasteiger charge is -2.36. The number of hydrogen-bond acceptors (Lipinski definition) is 3. The van der Waals surface area contributed by atoms with E-state index in [4.69, 9.17) is 4.74 Å². The van der Waals surface area contributed by atoms with Crippen LogP contribution in [-0.2, 0) is 37.9 Å². The highest BCUT2D eigenvalue weighted by Gasteiger charge is 2.43. The largest absolute Gasteiger partial charge is 0.458 e. The Morgan fingerprint density at radius 3 is 1.09 bits per heavy atom. The summed E-state index contributed by atoms with van der Waals surface area (Å²) in [6, 6.07) is 75.4. The minimum absolute atomic E-state index is 0.0311. The summed E-state index contributed by atoms with van der Waals surface area (Å²) in [7, 11) is 0. The molecule has 0 amide bonds. The number of para-hydroxylation sites is 2. The molecule has 6 heteroatoms. The van der Waals surface area contributed by atoms with E-state index in [1.165, 1.54) is 77.1 Å². The van der Waals surface area contributed by atoms with Crippen molar-refractivity contribution in [3.05, 3.63) is 233 Å². The molecule has 2 aliphatic rings. The monoisotopic (exact) mass is 1230 g/mol. The minimum atomic E-state index is -0.116. The molecule has 476 valence electrons. The fraction of sp³-hybridized carbons (Fsp3) is 0.318. The molecule has 4 heterocycles. The summed E-state index contributed by atoms with van der Waals surface area (Å²) in [5, 5.41) is 4.86. The summed E-state index contributed by atoms with van der Waals surface area (Å²) in [6.07, 6.45) is 0. The summed E-state index contributed by atoms with van der Waals surface area (Å²) in [6.45, 7) is 48.6. The summed E-state index contributed by atoms with van der Waals surface area (Å²) in [4.78, 5) is 5.00. The van der Waals surface area contributed by atoms with E-state index in [0.29, 0.717) is 0 Å². The first-order valence-corrected chi connectivity index (χ1v) is 34.3. The summed E-state index contributed by atoms with van der Waals surface area (Å²) >= 11 is 0. The standard InChI is InChI=1S/C88H95BN4O/c1-82(2,3)54-28-38-61(39-29-54)90(62-40-30-55(31-41-62)83(4,5)6)73-26-22-24-66-67-25-23-27-74(91(63-42-32-56(33-43-63)84(7,8)9)64-44-34-57(35-45-64)85(10,11)12)81(67)92(80(66)73)65-52-75-78-77(53-65)94-76-47-37-59(87(16,17)18)50-70(76)89(78)71-51-60(88(19,20)21)49-69-68-48-58(86(13,14)15)36-46-72(68)93(75)79(69)71/h22-53H,1-21H3. The average molecular weight is 1240 g/mol. The van der Waals surface area contributed by atoms with Crippen molar-refractivity contribution < 1.29 is 4.74 Å². The van der Waals surface area contributed by atoms with E-state index in [1.54, 1.807) is 0 Å². The lowest BCUT2D eigenvalue weighted by atomic mass is 9.34. The summed E-state index contributed by atoms with van der Waals surface area (Å²) < 4.78 is 12.9. The maximum atomic E-state index is 7.66. The van der Waals surface area contributed by atoms with Crippen molar-refractivity contribution in [3.63, 3.8) is 0 Å². The van der Waals surface area contributed by atoms with Crippen LogP contribution in [0.25, 0.3) is 55.0 Å². The van der Waals surface area contributed by atoms with Crippen molar-refractivity contribution in [2.24, 2.45) is 0 Å². The van der Waals surface area contributed by atoms with Crippen LogP contribution in [0.15, 0.2) is 194 Å². The van der Waals surface area contributed by atoms with Gasteiger partial charge in [-0.3, -0.25) is 0 Å². The first-order valence-electron chi connectivity index (χ1n) is 34.3. The van der Waals surface area contributed by atoms with Crippen LogP contribution in [-0.4, -0.2) is 15.8 Å². The van der Waals surface area contributed by atoms with Gasteiger partial charge in [-0.15, -0.1) is 0 Å². The summed E-state index contributed by atoms with van der Waals surface area (Å²) in [5.74, 6) is 1.77. The van der Waals surface area contributed by atoms with E-state index in [9.17, 15) is 0 Å². The number of ether oxygens (including phenoxy) is 1. The van der Waals surface area contributed by atoms with Crippen molar-refractivity contribution in [2.45, 2.75) is 183 Å². The fourth-order valence-electron chi connectivity index (χ4n) is 14.8. The van der Waals surface area contributed by atoms with Gasteiger partial charge in [-0.05, 0) is 184 Å². The Morgan fingerprint density at radius 2 is 0.670 bits per heavy atom. The molecule has 14 rings (SSSR count). The maximum Gasteiger partial charge on any atom is 0.256 e. The van der Waals surface area contributed by atoms with Crippen molar-refractivity contribution in [3.8, 4) is 22.9 Å². The molecule has 0 aliphatic carbocycles. The van der Waals surface area contributed by atoms with E-state index in [2.05, 4.69) is 358 Å². The number of anilines is 6. The Bertz CT molecular complexity index is 4700. The predicted molar refractivity (Wildman–Crippen MR) is 407 cm³/mol. The van der Waals surface area contributed by atoms with Crippen LogP contribution in [0.3, 0.4) is 0 Å². The molecular weight excluding hydrogens is 1140 g/mol. The van der Waals surface area contributed by atoms with Crippen LogP contribution < -0.4 is 30.9 Å². The number of benzene rings is 10. The van der Waals surface area contributed by atoms with E-state index in [0.717, 1.165) is 78.8 Å². The predicted octanol–water partition coefficient (Wildman–Crippen LogP) is 22.8. The second kappa shape index (κ2) is 21.4. The Labute approximate surface area is 560 Å². The summed E-state index contributed by atoms with van der Waals surface area (Å²) in [5.41, 5.74) is 25.7. The molecule has 0 saturated carbocycles. The third kappa shape index (κ3) is 10.5. The van der Waals surface area contributed by atoms with Gasteiger partial charge in [-0.2, -0.15) is 0 Å². The zero-order valence-corrected chi connectivity index (χ0v) is 59.7. The third-order valence-corrected chi connectivity index (χ3v) is 20.4. The highest BCUT2D eigenvalue weighted by atomic mass is 16.5. The molecule has 94 heavy (non-hydrogen) atoms. The van der Waals surface area contributed by atoms with Gasteiger partial charge < -0.3 is 23.7 Å². The van der Waals surface area contributed by atoms with Crippen molar-refractivity contribution in [2.75, 3.05) is 9.80 Å². The average Bonchev–Trinajstić information content (AvgIpc) is 1.45. The number of hydrogen-bond donors (Lipinski definition) is 0. The zero-order chi connectivity index (χ0) is 66.9. The van der Waals surface area contributed by atoms with Gasteiger partial charge in [0.1, 0.15) is 11.5 Å². The highest BCUT2D eigenvalue weighted by molar-refractivity contribution is 6.99.